The van der Waals surface area contributed by atoms with E-state index in [1.165, 1.54) is 26.7 Å². The van der Waals surface area contributed by atoms with E-state index in [4.69, 9.17) is 4.98 Å². The molecule has 0 radical (unpaired) electrons. The molecule has 3 heteroatoms. The van der Waals surface area contributed by atoms with Crippen molar-refractivity contribution in [1.29, 1.82) is 0 Å². The minimum atomic E-state index is -0.0605. The van der Waals surface area contributed by atoms with Crippen LogP contribution in [0.3, 0.4) is 0 Å². The lowest BCUT2D eigenvalue weighted by molar-refractivity contribution is 0.407. The molecule has 0 saturated carbocycles. The maximum absolute atomic E-state index is 4.84. The van der Waals surface area contributed by atoms with E-state index in [2.05, 4.69) is 50.4 Å². The average Bonchev–Trinajstić information content (AvgIpc) is 2.94. The van der Waals surface area contributed by atoms with Gasteiger partial charge in [-0.05, 0) is 44.4 Å². The monoisotopic (exact) mass is 272 g/mol. The van der Waals surface area contributed by atoms with Crippen LogP contribution >= 0.6 is 11.3 Å². The molecule has 0 saturated heterocycles. The van der Waals surface area contributed by atoms with Gasteiger partial charge in [-0.15, -0.1) is 11.3 Å². The summed E-state index contributed by atoms with van der Waals surface area (Å²) in [5.74, 6) is 0. The Labute approximate surface area is 118 Å². The third kappa shape index (κ3) is 1.92. The molecule has 1 heterocycles. The van der Waals surface area contributed by atoms with Crippen LogP contribution in [0, 0.1) is 13.8 Å². The van der Waals surface area contributed by atoms with Crippen molar-refractivity contribution in [3.8, 4) is 0 Å². The van der Waals surface area contributed by atoms with Gasteiger partial charge in [-0.2, -0.15) is 0 Å². The molecule has 1 aromatic heterocycles. The first kappa shape index (κ1) is 12.8. The number of hydrogen-bond acceptors (Lipinski definition) is 3. The van der Waals surface area contributed by atoms with Gasteiger partial charge in [0.1, 0.15) is 5.01 Å². The van der Waals surface area contributed by atoms with Gasteiger partial charge in [-0.1, -0.05) is 31.2 Å². The first-order valence-corrected chi connectivity index (χ1v) is 7.77. The number of fused-ring (bicyclic) bond motifs is 1. The predicted molar refractivity (Wildman–Crippen MR) is 80.8 cm³/mol. The van der Waals surface area contributed by atoms with E-state index < -0.39 is 0 Å². The zero-order valence-corrected chi connectivity index (χ0v) is 12.6. The Morgan fingerprint density at radius 3 is 2.79 bits per heavy atom. The van der Waals surface area contributed by atoms with Gasteiger partial charge >= 0.3 is 0 Å². The van der Waals surface area contributed by atoms with Gasteiger partial charge < -0.3 is 5.32 Å². The maximum atomic E-state index is 4.84. The molecule has 2 aromatic rings. The molecule has 2 nitrogen and oxygen atoms in total. The van der Waals surface area contributed by atoms with Gasteiger partial charge in [0.15, 0.2) is 0 Å². The topological polar surface area (TPSA) is 24.9 Å². The fourth-order valence-corrected chi connectivity index (χ4v) is 4.17. The molecule has 1 N–H and O–H groups in total. The van der Waals surface area contributed by atoms with E-state index in [0.29, 0.717) is 0 Å². The molecule has 0 amide bonds. The van der Waals surface area contributed by atoms with Crippen molar-refractivity contribution in [3.63, 3.8) is 0 Å². The van der Waals surface area contributed by atoms with Crippen LogP contribution in [0.5, 0.6) is 0 Å². The van der Waals surface area contributed by atoms with Crippen molar-refractivity contribution in [3.05, 3.63) is 51.0 Å². The second kappa shape index (κ2) is 4.73. The van der Waals surface area contributed by atoms with Crippen LogP contribution in [-0.4, -0.2) is 11.5 Å². The van der Waals surface area contributed by atoms with Crippen molar-refractivity contribution < 1.29 is 0 Å². The number of rotatable bonds is 3. The highest BCUT2D eigenvalue weighted by Gasteiger charge is 2.41. The Morgan fingerprint density at radius 1 is 1.32 bits per heavy atom. The summed E-state index contributed by atoms with van der Waals surface area (Å²) in [6.07, 6.45) is 2.26. The summed E-state index contributed by atoms with van der Waals surface area (Å²) >= 11 is 1.84. The Hall–Kier alpha value is -1.19. The Kier molecular flexibility index (Phi) is 3.19. The predicted octanol–water partition coefficient (Wildman–Crippen LogP) is 3.56. The summed E-state index contributed by atoms with van der Waals surface area (Å²) in [5.41, 5.74) is 4.00. The lowest BCUT2D eigenvalue weighted by atomic mass is 9.92. The number of nitrogens with one attached hydrogen (secondary N) is 1. The largest absolute Gasteiger partial charge is 0.302 e. The van der Waals surface area contributed by atoms with E-state index in [0.717, 1.165) is 19.4 Å². The zero-order chi connectivity index (χ0) is 13.5. The minimum absolute atomic E-state index is 0.0605. The summed E-state index contributed by atoms with van der Waals surface area (Å²) in [5, 5.41) is 4.95. The van der Waals surface area contributed by atoms with Crippen LogP contribution in [0.15, 0.2) is 24.3 Å². The van der Waals surface area contributed by atoms with Crippen molar-refractivity contribution >= 4 is 11.3 Å². The number of aryl methyl sites for hydroxylation is 3. The standard InChI is InChI=1S/C16H20N2S/c1-4-17-16(15-18-11(2)12(3)19-15)10-9-13-7-5-6-8-14(13)16/h5-8,17H,4,9-10H2,1-3H3. The normalized spacial score (nSPS) is 21.6. The Morgan fingerprint density at radius 2 is 2.11 bits per heavy atom. The summed E-state index contributed by atoms with van der Waals surface area (Å²) in [6.45, 7) is 7.41. The smallest absolute Gasteiger partial charge is 0.118 e. The lowest BCUT2D eigenvalue weighted by Gasteiger charge is -2.29. The first-order valence-electron chi connectivity index (χ1n) is 6.95. The third-order valence-electron chi connectivity index (χ3n) is 4.12. The highest BCUT2D eigenvalue weighted by atomic mass is 32.1. The fraction of sp³-hybridized carbons (Fsp3) is 0.438. The fourth-order valence-electron chi connectivity index (χ4n) is 3.05. The lowest BCUT2D eigenvalue weighted by Crippen LogP contribution is -2.41. The van der Waals surface area contributed by atoms with E-state index in [1.54, 1.807) is 0 Å². The summed E-state index contributed by atoms with van der Waals surface area (Å²) in [7, 11) is 0. The highest BCUT2D eigenvalue weighted by Crippen LogP contribution is 2.43. The summed E-state index contributed by atoms with van der Waals surface area (Å²) < 4.78 is 0. The summed E-state index contributed by atoms with van der Waals surface area (Å²) in [6, 6.07) is 8.79. The van der Waals surface area contributed by atoms with Crippen LogP contribution < -0.4 is 5.32 Å². The highest BCUT2D eigenvalue weighted by molar-refractivity contribution is 7.11. The Bertz CT molecular complexity index is 579. The van der Waals surface area contributed by atoms with Crippen LogP contribution in [0.2, 0.25) is 0 Å². The molecule has 3 rings (SSSR count). The molecule has 1 aliphatic rings. The van der Waals surface area contributed by atoms with Crippen molar-refractivity contribution in [2.75, 3.05) is 6.54 Å². The molecular weight excluding hydrogens is 252 g/mol. The SMILES string of the molecule is CCNC1(c2nc(C)c(C)s2)CCc2ccccc21. The van der Waals surface area contributed by atoms with Crippen LogP contribution in [-0.2, 0) is 12.0 Å². The van der Waals surface area contributed by atoms with Gasteiger partial charge in [0.25, 0.3) is 0 Å². The molecular formula is C16H20N2S. The van der Waals surface area contributed by atoms with Gasteiger partial charge in [-0.25, -0.2) is 4.98 Å². The number of thiazole rings is 1. The second-order valence-electron chi connectivity index (χ2n) is 5.25. The minimum Gasteiger partial charge on any atom is -0.302 e. The van der Waals surface area contributed by atoms with Gasteiger partial charge in [0, 0.05) is 4.88 Å². The molecule has 0 fully saturated rings. The molecule has 100 valence electrons. The molecule has 1 unspecified atom stereocenters. The van der Waals surface area contributed by atoms with Crippen molar-refractivity contribution in [2.45, 2.75) is 39.2 Å². The number of aromatic nitrogens is 1. The van der Waals surface area contributed by atoms with Gasteiger partial charge in [0.2, 0.25) is 0 Å². The molecule has 1 aromatic carbocycles. The first-order chi connectivity index (χ1) is 9.17. The van der Waals surface area contributed by atoms with Gasteiger partial charge in [0.05, 0.1) is 11.2 Å². The van der Waals surface area contributed by atoms with Crippen molar-refractivity contribution in [2.24, 2.45) is 0 Å². The Balaban J connectivity index is 2.16. The zero-order valence-electron chi connectivity index (χ0n) is 11.8. The van der Waals surface area contributed by atoms with E-state index in [1.807, 2.05) is 11.3 Å². The maximum Gasteiger partial charge on any atom is 0.118 e. The summed E-state index contributed by atoms with van der Waals surface area (Å²) in [4.78, 5) is 6.17. The second-order valence-corrected chi connectivity index (χ2v) is 6.46. The van der Waals surface area contributed by atoms with Crippen molar-refractivity contribution in [1.82, 2.24) is 10.3 Å². The van der Waals surface area contributed by atoms with Gasteiger partial charge in [-0.3, -0.25) is 0 Å². The van der Waals surface area contributed by atoms with E-state index in [9.17, 15) is 0 Å². The number of hydrogen-bond donors (Lipinski definition) is 1. The van der Waals surface area contributed by atoms with Crippen LogP contribution in [0.25, 0.3) is 0 Å². The third-order valence-corrected chi connectivity index (χ3v) is 5.35. The molecule has 0 aliphatic heterocycles. The quantitative estimate of drug-likeness (QED) is 0.924. The number of benzene rings is 1. The molecule has 1 atom stereocenters. The molecule has 1 aliphatic carbocycles. The molecule has 0 bridgehead atoms. The van der Waals surface area contributed by atoms with Crippen LogP contribution in [0.1, 0.15) is 40.1 Å². The molecule has 0 spiro atoms. The van der Waals surface area contributed by atoms with E-state index >= 15 is 0 Å². The average molecular weight is 272 g/mol. The number of nitrogens with zero attached hydrogens (tertiary/aromatic N) is 1. The molecule has 19 heavy (non-hydrogen) atoms. The van der Waals surface area contributed by atoms with Crippen LogP contribution in [0.4, 0.5) is 0 Å². The van der Waals surface area contributed by atoms with E-state index in [-0.39, 0.29) is 5.54 Å².